The van der Waals surface area contributed by atoms with Crippen molar-refractivity contribution in [3.63, 3.8) is 0 Å². The number of hydrogen-bond donors (Lipinski definition) is 3. The molecule has 4 aliphatic heterocycles. The summed E-state index contributed by atoms with van der Waals surface area (Å²) in [6.07, 6.45) is 0.446. The van der Waals surface area contributed by atoms with Gasteiger partial charge in [0.05, 0.1) is 71.7 Å². The van der Waals surface area contributed by atoms with Crippen molar-refractivity contribution in [3.8, 4) is 0 Å². The van der Waals surface area contributed by atoms with Crippen LogP contribution in [0.15, 0.2) is 0 Å². The van der Waals surface area contributed by atoms with Crippen LogP contribution in [0.5, 0.6) is 0 Å². The van der Waals surface area contributed by atoms with Crippen molar-refractivity contribution >= 4 is 5.97 Å². The van der Waals surface area contributed by atoms with Crippen LogP contribution in [0.3, 0.4) is 0 Å². The summed E-state index contributed by atoms with van der Waals surface area (Å²) in [6.45, 7) is 14.9. The largest absolute Gasteiger partial charge is 0.464 e. The molecule has 0 aromatic rings. The lowest BCUT2D eigenvalue weighted by Crippen LogP contribution is -2.42. The lowest BCUT2D eigenvalue weighted by molar-refractivity contribution is -0.149. The van der Waals surface area contributed by atoms with Gasteiger partial charge in [0, 0.05) is 17.3 Å². The van der Waals surface area contributed by atoms with Gasteiger partial charge in [0.1, 0.15) is 0 Å². The summed E-state index contributed by atoms with van der Waals surface area (Å²) in [5.74, 6) is 0.467. The van der Waals surface area contributed by atoms with Crippen molar-refractivity contribution < 1.29 is 43.8 Å². The summed E-state index contributed by atoms with van der Waals surface area (Å²) in [6, 6.07) is 0. The van der Waals surface area contributed by atoms with E-state index in [4.69, 9.17) is 39.0 Å². The monoisotopic (exact) mass is 450 g/mol. The first kappa shape index (κ1) is 28.2. The highest BCUT2D eigenvalue weighted by molar-refractivity contribution is 5.81. The second kappa shape index (κ2) is 13.7. The zero-order valence-corrected chi connectivity index (χ0v) is 19.7. The molecule has 5 atom stereocenters. The van der Waals surface area contributed by atoms with Crippen LogP contribution >= 0.6 is 0 Å². The minimum atomic E-state index is -0.602. The van der Waals surface area contributed by atoms with E-state index in [9.17, 15) is 4.79 Å². The van der Waals surface area contributed by atoms with Gasteiger partial charge in [-0.2, -0.15) is 0 Å². The van der Waals surface area contributed by atoms with Crippen LogP contribution in [-0.2, 0) is 28.5 Å². The molecule has 9 nitrogen and oxygen atoms in total. The molecule has 0 saturated carbocycles. The third-order valence-corrected chi connectivity index (χ3v) is 5.38. The fourth-order valence-corrected chi connectivity index (χ4v) is 2.42. The molecule has 4 rings (SSSR count). The second-order valence-electron chi connectivity index (χ2n) is 9.28. The molecule has 0 aliphatic carbocycles. The van der Waals surface area contributed by atoms with Gasteiger partial charge in [-0.1, -0.05) is 27.7 Å². The molecule has 0 spiro atoms. The maximum atomic E-state index is 10.9. The zero-order chi connectivity index (χ0) is 23.5. The number of hydrogen-bond acceptors (Lipinski definition) is 9. The van der Waals surface area contributed by atoms with E-state index in [1.165, 1.54) is 0 Å². The van der Waals surface area contributed by atoms with E-state index in [0.29, 0.717) is 38.3 Å². The Morgan fingerprint density at radius 1 is 0.935 bits per heavy atom. The number of esters is 1. The van der Waals surface area contributed by atoms with Gasteiger partial charge in [0.25, 0.3) is 0 Å². The quantitative estimate of drug-likeness (QED) is 0.420. The predicted molar refractivity (Wildman–Crippen MR) is 114 cm³/mol. The first-order chi connectivity index (χ1) is 14.6. The van der Waals surface area contributed by atoms with Gasteiger partial charge in [0.15, 0.2) is 5.60 Å². The molecule has 4 heterocycles. The van der Waals surface area contributed by atoms with E-state index < -0.39 is 5.60 Å². The molecule has 31 heavy (non-hydrogen) atoms. The summed E-state index contributed by atoms with van der Waals surface area (Å²) in [5.41, 5.74) is -0.505. The first-order valence-electron chi connectivity index (χ1n) is 11.1. The number of epoxide rings is 1. The van der Waals surface area contributed by atoms with Crippen LogP contribution < -0.4 is 0 Å². The van der Waals surface area contributed by atoms with Gasteiger partial charge < -0.3 is 39.0 Å². The number of aliphatic hydroxyl groups is 3. The topological polar surface area (TPSA) is 127 Å². The molecule has 0 amide bonds. The van der Waals surface area contributed by atoms with Gasteiger partial charge in [0.2, 0.25) is 0 Å². The third-order valence-electron chi connectivity index (χ3n) is 5.38. The molecule has 9 heteroatoms. The Hall–Kier alpha value is -0.810. The van der Waals surface area contributed by atoms with Gasteiger partial charge in [-0.25, -0.2) is 4.79 Å². The van der Waals surface area contributed by atoms with Crippen molar-refractivity contribution in [3.05, 3.63) is 0 Å². The lowest BCUT2D eigenvalue weighted by Gasteiger charge is -2.35. The van der Waals surface area contributed by atoms with E-state index in [-0.39, 0.29) is 30.2 Å². The minimum absolute atomic E-state index is 0.0972. The Balaban J connectivity index is 0.000000209. The smallest absolute Gasteiger partial charge is 0.340 e. The Bertz CT molecular complexity index is 466. The van der Waals surface area contributed by atoms with Crippen LogP contribution in [0.1, 0.15) is 41.0 Å². The Morgan fingerprint density at radius 2 is 1.42 bits per heavy atom. The summed E-state index contributed by atoms with van der Waals surface area (Å²) in [5, 5.41) is 26.3. The van der Waals surface area contributed by atoms with Crippen LogP contribution in [0, 0.1) is 17.3 Å². The molecule has 4 aliphatic rings. The predicted octanol–water partition coefficient (Wildman–Crippen LogP) is 0.771. The standard InChI is InChI=1S/C7H12O3.3C5H10O2/c1-3-4-9-6(8)7(2)5-10-7;1-5(2-6)3-7-4-5;2*1-4-2-7-3-5(4)6/h3-5H2,1-2H3;6H,2-4H2,1H3;2*4-6H,2-3H2,1H3/t;;4-,5+;4-,5-/m..10/s1. The SMILES string of the molecule is CC1(CO)COC1.CCCOC(=O)C1(C)CO1.C[C@@H]1COC[C@@H]1O.C[C@H]1COC[C@@H]1O. The number of carbonyl (C=O) groups is 1. The number of aliphatic hydroxyl groups excluding tert-OH is 3. The molecular formula is C22H42O9. The third kappa shape index (κ3) is 10.6. The summed E-state index contributed by atoms with van der Waals surface area (Å²) >= 11 is 0. The molecule has 184 valence electrons. The highest BCUT2D eigenvalue weighted by atomic mass is 16.6. The van der Waals surface area contributed by atoms with E-state index in [1.54, 1.807) is 6.92 Å². The molecule has 0 aromatic carbocycles. The lowest BCUT2D eigenvalue weighted by atomic mass is 9.90. The Labute approximate surface area is 186 Å². The molecule has 0 radical (unpaired) electrons. The van der Waals surface area contributed by atoms with Crippen LogP contribution in [0.25, 0.3) is 0 Å². The first-order valence-corrected chi connectivity index (χ1v) is 11.1. The summed E-state index contributed by atoms with van der Waals surface area (Å²) < 4.78 is 24.4. The molecule has 0 aromatic heterocycles. The second-order valence-corrected chi connectivity index (χ2v) is 9.28. The highest BCUT2D eigenvalue weighted by Gasteiger charge is 2.48. The van der Waals surface area contributed by atoms with Gasteiger partial charge in [-0.15, -0.1) is 0 Å². The van der Waals surface area contributed by atoms with E-state index in [0.717, 1.165) is 32.8 Å². The molecular weight excluding hydrogens is 408 g/mol. The van der Waals surface area contributed by atoms with Gasteiger partial charge >= 0.3 is 5.97 Å². The molecule has 3 N–H and O–H groups in total. The summed E-state index contributed by atoms with van der Waals surface area (Å²) in [4.78, 5) is 10.9. The van der Waals surface area contributed by atoms with Crippen molar-refractivity contribution in [2.24, 2.45) is 17.3 Å². The molecule has 1 unspecified atom stereocenters. The fraction of sp³-hybridized carbons (Fsp3) is 0.955. The van der Waals surface area contributed by atoms with E-state index in [1.807, 2.05) is 27.7 Å². The number of carbonyl (C=O) groups excluding carboxylic acids is 1. The summed E-state index contributed by atoms with van der Waals surface area (Å²) in [7, 11) is 0. The molecule has 4 fully saturated rings. The average Bonchev–Trinajstić information content (AvgIpc) is 3.23. The Morgan fingerprint density at radius 3 is 1.58 bits per heavy atom. The van der Waals surface area contributed by atoms with E-state index >= 15 is 0 Å². The van der Waals surface area contributed by atoms with Gasteiger partial charge in [-0.3, -0.25) is 0 Å². The maximum absolute atomic E-state index is 10.9. The molecule has 4 saturated heterocycles. The molecule has 0 bridgehead atoms. The van der Waals surface area contributed by atoms with Crippen LogP contribution in [0.4, 0.5) is 0 Å². The normalized spacial score (nSPS) is 34.6. The van der Waals surface area contributed by atoms with Crippen molar-refractivity contribution in [1.29, 1.82) is 0 Å². The van der Waals surface area contributed by atoms with Crippen molar-refractivity contribution in [2.45, 2.75) is 58.8 Å². The highest BCUT2D eigenvalue weighted by Crippen LogP contribution is 2.27. The number of ether oxygens (including phenoxy) is 5. The number of rotatable bonds is 4. The maximum Gasteiger partial charge on any atom is 0.340 e. The van der Waals surface area contributed by atoms with Gasteiger partial charge in [-0.05, 0) is 13.3 Å². The van der Waals surface area contributed by atoms with Crippen LogP contribution in [-0.4, -0.2) is 98.6 Å². The van der Waals surface area contributed by atoms with Crippen LogP contribution in [0.2, 0.25) is 0 Å². The Kier molecular flexibility index (Phi) is 12.4. The minimum Gasteiger partial charge on any atom is -0.464 e. The fourth-order valence-electron chi connectivity index (χ4n) is 2.42. The average molecular weight is 451 g/mol. The van der Waals surface area contributed by atoms with Crippen molar-refractivity contribution in [2.75, 3.05) is 59.5 Å². The van der Waals surface area contributed by atoms with E-state index in [2.05, 4.69) is 0 Å². The van der Waals surface area contributed by atoms with Crippen molar-refractivity contribution in [1.82, 2.24) is 0 Å². The zero-order valence-electron chi connectivity index (χ0n) is 19.7.